The molecule has 1 fully saturated rings. The first-order chi connectivity index (χ1) is 17.4. The van der Waals surface area contributed by atoms with Crippen molar-refractivity contribution in [3.8, 4) is 11.5 Å². The summed E-state index contributed by atoms with van der Waals surface area (Å²) in [6.45, 7) is 1.96. The van der Waals surface area contributed by atoms with Gasteiger partial charge in [-0.25, -0.2) is 9.78 Å². The van der Waals surface area contributed by atoms with Crippen LogP contribution in [0.2, 0.25) is 0 Å². The van der Waals surface area contributed by atoms with Gasteiger partial charge in [0.15, 0.2) is 11.5 Å². The first-order valence-electron chi connectivity index (χ1n) is 12.1. The first-order valence-corrected chi connectivity index (χ1v) is 12.9. The van der Waals surface area contributed by atoms with Gasteiger partial charge in [-0.05, 0) is 62.3 Å². The minimum absolute atomic E-state index is 0.0665. The van der Waals surface area contributed by atoms with Gasteiger partial charge in [-0.3, -0.25) is 14.2 Å². The number of hydrogen-bond acceptors (Lipinski definition) is 8. The van der Waals surface area contributed by atoms with Crippen LogP contribution in [0, 0.1) is 6.92 Å². The molecule has 0 aliphatic heterocycles. The average molecular weight is 514 g/mol. The Morgan fingerprint density at radius 2 is 1.89 bits per heavy atom. The Morgan fingerprint density at radius 1 is 1.14 bits per heavy atom. The number of esters is 1. The molecule has 10 heteroatoms. The van der Waals surface area contributed by atoms with Crippen molar-refractivity contribution in [1.29, 1.82) is 0 Å². The molecule has 1 aromatic carbocycles. The molecule has 3 aromatic rings. The van der Waals surface area contributed by atoms with Gasteiger partial charge in [-0.15, -0.1) is 11.3 Å². The largest absolute Gasteiger partial charge is 0.493 e. The lowest BCUT2D eigenvalue weighted by molar-refractivity contribution is -0.121. The Balaban J connectivity index is 1.39. The van der Waals surface area contributed by atoms with E-state index >= 15 is 0 Å². The number of benzene rings is 1. The van der Waals surface area contributed by atoms with Crippen molar-refractivity contribution in [2.45, 2.75) is 58.1 Å². The third-order valence-electron chi connectivity index (χ3n) is 6.43. The monoisotopic (exact) mass is 513 g/mol. The van der Waals surface area contributed by atoms with E-state index in [2.05, 4.69) is 10.3 Å². The van der Waals surface area contributed by atoms with Gasteiger partial charge < -0.3 is 19.5 Å². The van der Waals surface area contributed by atoms with Crippen LogP contribution in [-0.4, -0.2) is 48.3 Å². The summed E-state index contributed by atoms with van der Waals surface area (Å²) in [5, 5.41) is 3.19. The highest BCUT2D eigenvalue weighted by molar-refractivity contribution is 7.20. The quantitative estimate of drug-likeness (QED) is 0.435. The number of nitrogens with zero attached hydrogens (tertiary/aromatic N) is 2. The zero-order valence-electron chi connectivity index (χ0n) is 20.8. The van der Waals surface area contributed by atoms with Gasteiger partial charge >= 0.3 is 5.97 Å². The maximum atomic E-state index is 13.1. The van der Waals surface area contributed by atoms with Crippen LogP contribution in [0.5, 0.6) is 11.5 Å². The lowest BCUT2D eigenvalue weighted by Crippen LogP contribution is -2.33. The molecule has 1 N–H and O–H groups in total. The molecular formula is C26H31N3O6S. The van der Waals surface area contributed by atoms with E-state index in [0.29, 0.717) is 45.1 Å². The lowest BCUT2D eigenvalue weighted by Gasteiger charge is -2.21. The normalized spacial score (nSPS) is 14.0. The molecule has 0 spiro atoms. The molecule has 192 valence electrons. The third-order valence-corrected chi connectivity index (χ3v) is 7.61. The molecule has 36 heavy (non-hydrogen) atoms. The molecule has 9 nitrogen and oxygen atoms in total. The standard InChI is InChI=1S/C26H31N3O6S/c1-16-22-24(36-23(16)26(32)35-18-7-5-4-6-8-18)28-15-29(25(22)31)14-21(30)27-12-11-17-9-10-19(33-2)20(13-17)34-3/h9-10,13,15,18H,4-8,11-12,14H2,1-3H3,(H,27,30). The first kappa shape index (κ1) is 25.7. The number of carbonyl (C=O) groups is 2. The molecule has 1 aliphatic rings. The van der Waals surface area contributed by atoms with Gasteiger partial charge in [0.2, 0.25) is 5.91 Å². The summed E-state index contributed by atoms with van der Waals surface area (Å²) in [4.78, 5) is 43.6. The van der Waals surface area contributed by atoms with E-state index < -0.39 is 5.97 Å². The number of aryl methyl sites for hydroxylation is 1. The fourth-order valence-electron chi connectivity index (χ4n) is 4.45. The molecule has 0 bridgehead atoms. The molecular weight excluding hydrogens is 482 g/mol. The number of aromatic nitrogens is 2. The van der Waals surface area contributed by atoms with Crippen LogP contribution in [-0.2, 0) is 22.5 Å². The molecule has 1 saturated carbocycles. The van der Waals surface area contributed by atoms with E-state index in [-0.39, 0.29) is 24.1 Å². The summed E-state index contributed by atoms with van der Waals surface area (Å²) in [5.41, 5.74) is 1.19. The van der Waals surface area contributed by atoms with E-state index in [1.165, 1.54) is 17.3 Å². The topological polar surface area (TPSA) is 109 Å². The van der Waals surface area contributed by atoms with E-state index in [0.717, 1.165) is 42.6 Å². The number of methoxy groups -OCH3 is 2. The number of fused-ring (bicyclic) bond motifs is 1. The molecule has 2 aromatic heterocycles. The lowest BCUT2D eigenvalue weighted by atomic mass is 9.98. The highest BCUT2D eigenvalue weighted by atomic mass is 32.1. The van der Waals surface area contributed by atoms with Crippen molar-refractivity contribution in [3.63, 3.8) is 0 Å². The van der Waals surface area contributed by atoms with Gasteiger partial charge in [0.25, 0.3) is 5.56 Å². The van der Waals surface area contributed by atoms with Crippen molar-refractivity contribution >= 4 is 33.4 Å². The SMILES string of the molecule is COc1ccc(CCNC(=O)Cn2cnc3sc(C(=O)OC4CCCCC4)c(C)c3c2=O)cc1OC. The van der Waals surface area contributed by atoms with Crippen molar-refractivity contribution < 1.29 is 23.8 Å². The second kappa shape index (κ2) is 11.6. The van der Waals surface area contributed by atoms with Crippen LogP contribution >= 0.6 is 11.3 Å². The molecule has 2 heterocycles. The minimum Gasteiger partial charge on any atom is -0.493 e. The summed E-state index contributed by atoms with van der Waals surface area (Å²) in [7, 11) is 3.15. The molecule has 0 unspecified atom stereocenters. The van der Waals surface area contributed by atoms with Gasteiger partial charge in [-0.1, -0.05) is 12.5 Å². The van der Waals surface area contributed by atoms with E-state index in [1.54, 1.807) is 21.1 Å². The predicted octanol–water partition coefficient (Wildman–Crippen LogP) is 3.63. The van der Waals surface area contributed by atoms with Crippen LogP contribution in [0.3, 0.4) is 0 Å². The van der Waals surface area contributed by atoms with Crippen LogP contribution in [0.1, 0.15) is 52.9 Å². The van der Waals surface area contributed by atoms with Gasteiger partial charge in [-0.2, -0.15) is 0 Å². The Kier molecular flexibility index (Phi) is 8.25. The van der Waals surface area contributed by atoms with Crippen LogP contribution in [0.15, 0.2) is 29.3 Å². The highest BCUT2D eigenvalue weighted by Crippen LogP contribution is 2.30. The van der Waals surface area contributed by atoms with Crippen molar-refractivity contribution in [2.75, 3.05) is 20.8 Å². The number of thiophene rings is 1. The number of nitrogens with one attached hydrogen (secondary N) is 1. The summed E-state index contributed by atoms with van der Waals surface area (Å²) in [5.74, 6) is 0.562. The molecule has 1 aliphatic carbocycles. The van der Waals surface area contributed by atoms with E-state index in [1.807, 2.05) is 18.2 Å². The summed E-state index contributed by atoms with van der Waals surface area (Å²) in [6.07, 6.45) is 6.92. The predicted molar refractivity (Wildman–Crippen MR) is 137 cm³/mol. The molecule has 1 amide bonds. The van der Waals surface area contributed by atoms with Crippen LogP contribution in [0.25, 0.3) is 10.2 Å². The van der Waals surface area contributed by atoms with Crippen LogP contribution < -0.4 is 20.3 Å². The Hall–Kier alpha value is -3.40. The number of rotatable bonds is 9. The smallest absolute Gasteiger partial charge is 0.348 e. The summed E-state index contributed by atoms with van der Waals surface area (Å²) >= 11 is 1.16. The van der Waals surface area contributed by atoms with Crippen molar-refractivity contribution in [3.05, 3.63) is 50.9 Å². The Bertz CT molecular complexity index is 1310. The number of ether oxygens (including phenoxy) is 3. The van der Waals surface area contributed by atoms with Gasteiger partial charge in [0, 0.05) is 6.54 Å². The number of carbonyl (C=O) groups excluding carboxylic acids is 2. The molecule has 4 rings (SSSR count). The number of hydrogen-bond donors (Lipinski definition) is 1. The molecule has 0 radical (unpaired) electrons. The Labute approximate surface area is 213 Å². The zero-order chi connectivity index (χ0) is 25.7. The van der Waals surface area contributed by atoms with E-state index in [9.17, 15) is 14.4 Å². The van der Waals surface area contributed by atoms with Gasteiger partial charge in [0.1, 0.15) is 22.4 Å². The zero-order valence-corrected chi connectivity index (χ0v) is 21.6. The average Bonchev–Trinajstić information content (AvgIpc) is 3.23. The molecule has 0 saturated heterocycles. The van der Waals surface area contributed by atoms with Gasteiger partial charge in [0.05, 0.1) is 25.9 Å². The fraction of sp³-hybridized carbons (Fsp3) is 0.462. The minimum atomic E-state index is -0.402. The maximum Gasteiger partial charge on any atom is 0.348 e. The van der Waals surface area contributed by atoms with Crippen LogP contribution in [0.4, 0.5) is 0 Å². The second-order valence-corrected chi connectivity index (χ2v) is 9.87. The maximum absolute atomic E-state index is 13.1. The Morgan fingerprint density at radius 3 is 2.61 bits per heavy atom. The fourth-order valence-corrected chi connectivity index (χ4v) is 5.47. The van der Waals surface area contributed by atoms with E-state index in [4.69, 9.17) is 14.2 Å². The summed E-state index contributed by atoms with van der Waals surface area (Å²) < 4.78 is 17.5. The second-order valence-electron chi connectivity index (χ2n) is 8.87. The highest BCUT2D eigenvalue weighted by Gasteiger charge is 2.24. The molecule has 0 atom stereocenters. The summed E-state index contributed by atoms with van der Waals surface area (Å²) in [6, 6.07) is 5.59. The van der Waals surface area contributed by atoms with Crippen molar-refractivity contribution in [1.82, 2.24) is 14.9 Å². The third kappa shape index (κ3) is 5.70. The number of amides is 1. The van der Waals surface area contributed by atoms with Crippen molar-refractivity contribution in [2.24, 2.45) is 0 Å².